The third-order valence-corrected chi connectivity index (χ3v) is 7.29. The highest BCUT2D eigenvalue weighted by molar-refractivity contribution is 5.92. The molecular weight excluding hydrogens is 429 g/mol. The number of amides is 1. The Labute approximate surface area is 190 Å². The van der Waals surface area contributed by atoms with Crippen molar-refractivity contribution in [2.45, 2.75) is 56.5 Å². The molecule has 1 amide bonds. The lowest BCUT2D eigenvalue weighted by Gasteiger charge is -2.37. The summed E-state index contributed by atoms with van der Waals surface area (Å²) in [6.45, 7) is 0.261. The van der Waals surface area contributed by atoms with Crippen LogP contribution in [0.25, 0.3) is 22.2 Å². The van der Waals surface area contributed by atoms with Crippen molar-refractivity contribution >= 4 is 16.8 Å². The number of aliphatic hydroxyl groups is 1. The maximum absolute atomic E-state index is 14.5. The Balaban J connectivity index is 1.37. The van der Waals surface area contributed by atoms with Crippen LogP contribution in [-0.2, 0) is 4.79 Å². The molecule has 0 atom stereocenters. The van der Waals surface area contributed by atoms with Crippen molar-refractivity contribution in [3.63, 3.8) is 0 Å². The van der Waals surface area contributed by atoms with Crippen molar-refractivity contribution in [1.29, 1.82) is 0 Å². The number of benzene rings is 2. The first kappa shape index (κ1) is 22.0. The molecule has 7 heteroatoms. The molecule has 2 aliphatic carbocycles. The summed E-state index contributed by atoms with van der Waals surface area (Å²) < 4.78 is 42.0. The van der Waals surface area contributed by atoms with Crippen molar-refractivity contribution in [2.75, 3.05) is 6.54 Å². The van der Waals surface area contributed by atoms with Crippen molar-refractivity contribution in [1.82, 2.24) is 10.3 Å². The molecule has 0 unspecified atom stereocenters. The van der Waals surface area contributed by atoms with Crippen LogP contribution in [0.3, 0.4) is 0 Å². The molecule has 2 fully saturated rings. The Morgan fingerprint density at radius 1 is 1.03 bits per heavy atom. The highest BCUT2D eigenvalue weighted by Crippen LogP contribution is 2.48. The van der Waals surface area contributed by atoms with Gasteiger partial charge >= 0.3 is 0 Å². The van der Waals surface area contributed by atoms with Crippen molar-refractivity contribution in [2.24, 2.45) is 5.92 Å². The van der Waals surface area contributed by atoms with Crippen molar-refractivity contribution < 1.29 is 23.1 Å². The van der Waals surface area contributed by atoms with Gasteiger partial charge in [0.05, 0.1) is 16.8 Å². The van der Waals surface area contributed by atoms with Gasteiger partial charge in [0.15, 0.2) is 0 Å². The first-order valence-electron chi connectivity index (χ1n) is 11.6. The average Bonchev–Trinajstić information content (AvgIpc) is 3.12. The second-order valence-electron chi connectivity index (χ2n) is 9.60. The number of halogens is 3. The van der Waals surface area contributed by atoms with Crippen LogP contribution >= 0.6 is 0 Å². The first-order valence-corrected chi connectivity index (χ1v) is 11.6. The predicted molar refractivity (Wildman–Crippen MR) is 120 cm³/mol. The van der Waals surface area contributed by atoms with E-state index in [1.807, 2.05) is 0 Å². The number of aromatic nitrogens is 1. The lowest BCUT2D eigenvalue weighted by molar-refractivity contribution is -0.129. The molecule has 0 bridgehead atoms. The largest absolute Gasteiger partial charge is 0.388 e. The van der Waals surface area contributed by atoms with E-state index in [1.54, 1.807) is 12.1 Å². The minimum Gasteiger partial charge on any atom is -0.388 e. The highest BCUT2D eigenvalue weighted by atomic mass is 19.1. The molecule has 3 N–H and O–H groups in total. The number of hydrogen-bond donors (Lipinski definition) is 3. The third-order valence-electron chi connectivity index (χ3n) is 7.29. The SMILES string of the molecule is O=C(NCC1(O)CCCCC1)C1CC(c2c(-c3ccc(F)cc3)[nH]c3c(F)cc(F)cc23)C1. The summed E-state index contributed by atoms with van der Waals surface area (Å²) in [4.78, 5) is 15.8. The molecular formula is C26H27F3N2O2. The van der Waals surface area contributed by atoms with Crippen LogP contribution in [0.15, 0.2) is 36.4 Å². The van der Waals surface area contributed by atoms with Gasteiger partial charge in [0.1, 0.15) is 17.5 Å². The van der Waals surface area contributed by atoms with Gasteiger partial charge in [-0.25, -0.2) is 13.2 Å². The molecule has 4 nitrogen and oxygen atoms in total. The number of carbonyl (C=O) groups excluding carboxylic acids is 1. The van der Waals surface area contributed by atoms with Crippen LogP contribution in [0.4, 0.5) is 13.2 Å². The monoisotopic (exact) mass is 456 g/mol. The minimum absolute atomic E-state index is 0.0616. The van der Waals surface area contributed by atoms with E-state index < -0.39 is 17.2 Å². The van der Waals surface area contributed by atoms with E-state index in [1.165, 1.54) is 18.2 Å². The lowest BCUT2D eigenvalue weighted by atomic mass is 9.69. The Bertz CT molecular complexity index is 1180. The van der Waals surface area contributed by atoms with Crippen LogP contribution in [0.5, 0.6) is 0 Å². The van der Waals surface area contributed by atoms with E-state index in [-0.39, 0.29) is 35.6 Å². The molecule has 0 spiro atoms. The van der Waals surface area contributed by atoms with Gasteiger partial charge in [0.2, 0.25) is 5.91 Å². The third kappa shape index (κ3) is 4.26. The van der Waals surface area contributed by atoms with Gasteiger partial charge in [-0.2, -0.15) is 0 Å². The quantitative estimate of drug-likeness (QED) is 0.471. The fourth-order valence-electron chi connectivity index (χ4n) is 5.36. The van der Waals surface area contributed by atoms with E-state index >= 15 is 0 Å². The summed E-state index contributed by atoms with van der Waals surface area (Å²) in [5.41, 5.74) is 1.44. The van der Waals surface area contributed by atoms with Crippen LogP contribution < -0.4 is 5.32 Å². The van der Waals surface area contributed by atoms with Gasteiger partial charge < -0.3 is 15.4 Å². The number of carbonyl (C=O) groups is 1. The number of rotatable bonds is 5. The maximum atomic E-state index is 14.5. The lowest BCUT2D eigenvalue weighted by Crippen LogP contribution is -2.47. The van der Waals surface area contributed by atoms with Gasteiger partial charge in [-0.15, -0.1) is 0 Å². The number of hydrogen-bond acceptors (Lipinski definition) is 2. The predicted octanol–water partition coefficient (Wildman–Crippen LogP) is 5.56. The van der Waals surface area contributed by atoms with Crippen LogP contribution in [0, 0.1) is 23.4 Å². The van der Waals surface area contributed by atoms with E-state index in [4.69, 9.17) is 0 Å². The maximum Gasteiger partial charge on any atom is 0.223 e. The molecule has 174 valence electrons. The second-order valence-corrected chi connectivity index (χ2v) is 9.60. The Morgan fingerprint density at radius 2 is 1.73 bits per heavy atom. The van der Waals surface area contributed by atoms with E-state index in [0.717, 1.165) is 30.9 Å². The molecule has 2 aliphatic rings. The molecule has 5 rings (SSSR count). The normalized spacial score (nSPS) is 22.2. The Hall–Kier alpha value is -2.80. The molecule has 0 saturated heterocycles. The van der Waals surface area contributed by atoms with Crippen molar-refractivity contribution in [3.8, 4) is 11.3 Å². The zero-order valence-electron chi connectivity index (χ0n) is 18.3. The van der Waals surface area contributed by atoms with Crippen LogP contribution in [0.2, 0.25) is 0 Å². The minimum atomic E-state index is -0.821. The molecule has 3 aromatic rings. The van der Waals surface area contributed by atoms with Gasteiger partial charge in [-0.3, -0.25) is 4.79 Å². The number of H-pyrrole nitrogens is 1. The smallest absolute Gasteiger partial charge is 0.223 e. The van der Waals surface area contributed by atoms with Crippen molar-refractivity contribution in [3.05, 3.63) is 59.4 Å². The standard InChI is InChI=1S/C26H27F3N2O2/c27-18-6-4-15(5-7-18)23-22(20-12-19(28)13-21(29)24(20)31-23)16-10-17(11-16)25(32)30-14-26(33)8-2-1-3-9-26/h4-7,12-13,16-17,31,33H,1-3,8-11,14H2,(H,30,32). The molecule has 1 aromatic heterocycles. The molecule has 33 heavy (non-hydrogen) atoms. The summed E-state index contributed by atoms with van der Waals surface area (Å²) in [5.74, 6) is -2.10. The van der Waals surface area contributed by atoms with Crippen LogP contribution in [-0.4, -0.2) is 28.1 Å². The number of nitrogens with one attached hydrogen (secondary N) is 2. The van der Waals surface area contributed by atoms with Gasteiger partial charge in [0, 0.05) is 23.9 Å². The van der Waals surface area contributed by atoms with Gasteiger partial charge in [-0.1, -0.05) is 19.3 Å². The molecule has 2 saturated carbocycles. The first-order chi connectivity index (χ1) is 15.8. The fraction of sp³-hybridized carbons (Fsp3) is 0.423. The van der Waals surface area contributed by atoms with Gasteiger partial charge in [0.25, 0.3) is 0 Å². The summed E-state index contributed by atoms with van der Waals surface area (Å²) in [5, 5.41) is 14.0. The summed E-state index contributed by atoms with van der Waals surface area (Å²) in [6.07, 6.45) is 5.55. The average molecular weight is 457 g/mol. The second kappa shape index (κ2) is 8.52. The van der Waals surface area contributed by atoms with E-state index in [0.29, 0.717) is 42.3 Å². The van der Waals surface area contributed by atoms with E-state index in [9.17, 15) is 23.1 Å². The molecule has 0 aliphatic heterocycles. The zero-order chi connectivity index (χ0) is 23.2. The highest BCUT2D eigenvalue weighted by Gasteiger charge is 2.39. The summed E-state index contributed by atoms with van der Waals surface area (Å²) in [7, 11) is 0. The van der Waals surface area contributed by atoms with Gasteiger partial charge in [-0.05, 0) is 73.1 Å². The molecule has 1 heterocycles. The topological polar surface area (TPSA) is 65.1 Å². The zero-order valence-corrected chi connectivity index (χ0v) is 18.3. The fourth-order valence-corrected chi connectivity index (χ4v) is 5.36. The van der Waals surface area contributed by atoms with E-state index in [2.05, 4.69) is 10.3 Å². The molecule has 0 radical (unpaired) electrons. The Kier molecular flexibility index (Phi) is 5.69. The number of fused-ring (bicyclic) bond motifs is 1. The summed E-state index contributed by atoms with van der Waals surface area (Å²) >= 11 is 0. The number of aromatic amines is 1. The summed E-state index contributed by atoms with van der Waals surface area (Å²) in [6, 6.07) is 8.01. The molecule has 2 aromatic carbocycles. The van der Waals surface area contributed by atoms with Crippen LogP contribution in [0.1, 0.15) is 56.4 Å². The Morgan fingerprint density at radius 3 is 2.42 bits per heavy atom.